The van der Waals surface area contributed by atoms with Gasteiger partial charge in [0, 0.05) is 12.6 Å². The number of benzene rings is 2. The maximum absolute atomic E-state index is 11.6. The summed E-state index contributed by atoms with van der Waals surface area (Å²) in [7, 11) is 1.23. The number of esters is 1. The van der Waals surface area contributed by atoms with Gasteiger partial charge in [-0.15, -0.1) is 11.3 Å². The Morgan fingerprint density at radius 1 is 1.35 bits per heavy atom. The quantitative estimate of drug-likeness (QED) is 0.290. The van der Waals surface area contributed by atoms with Crippen LogP contribution in [0.3, 0.4) is 0 Å². The van der Waals surface area contributed by atoms with Crippen molar-refractivity contribution in [2.45, 2.75) is 10.9 Å². The molecule has 0 bridgehead atoms. The largest absolute Gasteiger partial charge is 0.465 e. The van der Waals surface area contributed by atoms with Crippen molar-refractivity contribution in [1.82, 2.24) is 4.98 Å². The Bertz CT molecular complexity index is 987. The highest BCUT2D eigenvalue weighted by Crippen LogP contribution is 2.30. The van der Waals surface area contributed by atoms with Crippen LogP contribution in [0.1, 0.15) is 15.9 Å². The van der Waals surface area contributed by atoms with Gasteiger partial charge in [-0.25, -0.2) is 9.78 Å². The summed E-state index contributed by atoms with van der Waals surface area (Å²) < 4.78 is 6.68. The minimum absolute atomic E-state index is 0.139. The van der Waals surface area contributed by atoms with Crippen LogP contribution < -0.4 is 5.32 Å². The van der Waals surface area contributed by atoms with E-state index in [2.05, 4.69) is 15.0 Å². The third-order valence-corrected chi connectivity index (χ3v) is 5.71. The number of hydrogen-bond acceptors (Lipinski definition) is 8. The van der Waals surface area contributed by atoms with Crippen molar-refractivity contribution in [3.05, 3.63) is 57.6 Å². The third-order valence-electron chi connectivity index (χ3n) is 3.71. The molecule has 1 heterocycles. The number of anilines is 1. The molecule has 1 aromatic heterocycles. The molecule has 1 N–H and O–H groups in total. The van der Waals surface area contributed by atoms with Gasteiger partial charge in [-0.1, -0.05) is 17.8 Å². The highest BCUT2D eigenvalue weighted by Gasteiger charge is 2.18. The molecule has 3 rings (SSSR count). The fraction of sp³-hybridized carbons (Fsp3) is 0.176. The molecule has 0 amide bonds. The van der Waals surface area contributed by atoms with E-state index in [1.807, 2.05) is 24.5 Å². The molecule has 0 saturated carbocycles. The van der Waals surface area contributed by atoms with Crippen molar-refractivity contribution in [1.29, 1.82) is 0 Å². The first-order valence-electron chi connectivity index (χ1n) is 7.56. The van der Waals surface area contributed by atoms with Gasteiger partial charge in [-0.05, 0) is 36.1 Å². The number of aromatic nitrogens is 1. The van der Waals surface area contributed by atoms with Crippen LogP contribution in [0.15, 0.2) is 40.7 Å². The van der Waals surface area contributed by atoms with Gasteiger partial charge < -0.3 is 10.1 Å². The first-order valence-corrected chi connectivity index (χ1v) is 9.60. The summed E-state index contributed by atoms with van der Waals surface area (Å²) in [5, 5.41) is 14.4. The van der Waals surface area contributed by atoms with Crippen LogP contribution in [0.4, 0.5) is 11.4 Å². The van der Waals surface area contributed by atoms with Crippen LogP contribution in [0.2, 0.25) is 0 Å². The number of carbonyl (C=O) groups excluding carboxylic acids is 1. The van der Waals surface area contributed by atoms with Gasteiger partial charge in [0.2, 0.25) is 0 Å². The molecule has 3 aromatic rings. The summed E-state index contributed by atoms with van der Waals surface area (Å²) in [6.07, 6.45) is 1.98. The predicted octanol–water partition coefficient (Wildman–Crippen LogP) is 4.33. The Hall–Kier alpha value is -2.65. The Balaban J connectivity index is 1.82. The zero-order valence-electron chi connectivity index (χ0n) is 14.0. The number of thioether (sulfide) groups is 1. The number of nitrogens with one attached hydrogen (secondary N) is 1. The molecule has 0 atom stereocenters. The fourth-order valence-electron chi connectivity index (χ4n) is 2.42. The third kappa shape index (κ3) is 3.78. The van der Waals surface area contributed by atoms with Crippen molar-refractivity contribution in [3.8, 4) is 0 Å². The van der Waals surface area contributed by atoms with Crippen LogP contribution in [-0.2, 0) is 11.3 Å². The second-order valence-electron chi connectivity index (χ2n) is 5.32. The lowest BCUT2D eigenvalue weighted by Gasteiger charge is -2.08. The summed E-state index contributed by atoms with van der Waals surface area (Å²) in [6.45, 7) is 0.418. The van der Waals surface area contributed by atoms with E-state index >= 15 is 0 Å². The van der Waals surface area contributed by atoms with Crippen molar-refractivity contribution < 1.29 is 14.5 Å². The van der Waals surface area contributed by atoms with E-state index in [9.17, 15) is 14.9 Å². The zero-order valence-corrected chi connectivity index (χ0v) is 15.6. The predicted molar refractivity (Wildman–Crippen MR) is 103 cm³/mol. The Labute approximate surface area is 157 Å². The number of hydrogen-bond donors (Lipinski definition) is 1. The van der Waals surface area contributed by atoms with E-state index in [-0.39, 0.29) is 11.3 Å². The molecule has 134 valence electrons. The molecule has 0 aliphatic heterocycles. The van der Waals surface area contributed by atoms with Gasteiger partial charge in [0.05, 0.1) is 27.8 Å². The van der Waals surface area contributed by atoms with Crippen LogP contribution >= 0.6 is 23.1 Å². The van der Waals surface area contributed by atoms with E-state index in [1.54, 1.807) is 23.1 Å². The molecular formula is C17H15N3O4S2. The Kier molecular flexibility index (Phi) is 5.38. The molecule has 0 radical (unpaired) electrons. The number of nitro groups is 1. The van der Waals surface area contributed by atoms with E-state index in [4.69, 9.17) is 0 Å². The lowest BCUT2D eigenvalue weighted by Crippen LogP contribution is -2.06. The summed E-state index contributed by atoms with van der Waals surface area (Å²) >= 11 is 3.21. The Morgan fingerprint density at radius 2 is 2.15 bits per heavy atom. The zero-order chi connectivity index (χ0) is 18.7. The lowest BCUT2D eigenvalue weighted by atomic mass is 10.1. The number of rotatable bonds is 6. The Morgan fingerprint density at radius 3 is 2.85 bits per heavy atom. The van der Waals surface area contributed by atoms with Crippen molar-refractivity contribution in [3.63, 3.8) is 0 Å². The molecular weight excluding hydrogens is 374 g/mol. The second kappa shape index (κ2) is 7.71. The molecule has 0 aliphatic rings. The van der Waals surface area contributed by atoms with Gasteiger partial charge in [-0.2, -0.15) is 0 Å². The van der Waals surface area contributed by atoms with Crippen LogP contribution in [-0.4, -0.2) is 29.2 Å². The van der Waals surface area contributed by atoms with Crippen LogP contribution in [0.25, 0.3) is 10.2 Å². The van der Waals surface area contributed by atoms with Crippen LogP contribution in [0, 0.1) is 10.1 Å². The molecule has 9 heteroatoms. The van der Waals surface area contributed by atoms with Crippen LogP contribution in [0.5, 0.6) is 0 Å². The SMILES string of the molecule is COC(=O)c1ccc(NCc2ccc3nc(SC)sc3c2)c([N+](=O)[O-])c1. The number of nitrogens with zero attached hydrogens (tertiary/aromatic N) is 2. The monoisotopic (exact) mass is 389 g/mol. The molecule has 0 spiro atoms. The molecule has 7 nitrogen and oxygen atoms in total. The first kappa shape index (κ1) is 18.2. The summed E-state index contributed by atoms with van der Waals surface area (Å²) in [6, 6.07) is 10.1. The molecule has 0 unspecified atom stereocenters. The number of carbonyl (C=O) groups is 1. The molecule has 0 saturated heterocycles. The fourth-order valence-corrected chi connectivity index (χ4v) is 3.97. The number of fused-ring (bicyclic) bond motifs is 1. The number of methoxy groups -OCH3 is 1. The molecule has 0 fully saturated rings. The maximum Gasteiger partial charge on any atom is 0.338 e. The first-order chi connectivity index (χ1) is 12.5. The summed E-state index contributed by atoms with van der Waals surface area (Å²) in [5.41, 5.74) is 2.24. The van der Waals surface area contributed by atoms with Crippen molar-refractivity contribution >= 4 is 50.7 Å². The highest BCUT2D eigenvalue weighted by atomic mass is 32.2. The lowest BCUT2D eigenvalue weighted by molar-refractivity contribution is -0.384. The highest BCUT2D eigenvalue weighted by molar-refractivity contribution is 8.00. The topological polar surface area (TPSA) is 94.4 Å². The smallest absolute Gasteiger partial charge is 0.338 e. The van der Waals surface area contributed by atoms with E-state index in [0.717, 1.165) is 20.1 Å². The van der Waals surface area contributed by atoms with Gasteiger partial charge in [0.1, 0.15) is 5.69 Å². The summed E-state index contributed by atoms with van der Waals surface area (Å²) in [5.74, 6) is -0.611. The average molecular weight is 389 g/mol. The molecule has 26 heavy (non-hydrogen) atoms. The minimum Gasteiger partial charge on any atom is -0.465 e. The molecule has 0 aliphatic carbocycles. The average Bonchev–Trinajstić information content (AvgIpc) is 3.07. The standard InChI is InChI=1S/C17H15N3O4S2/c1-24-16(21)11-4-6-12(14(8-11)20(22)23)18-9-10-3-5-13-15(7-10)26-17(19-13)25-2/h3-8,18H,9H2,1-2H3. The summed E-state index contributed by atoms with van der Waals surface area (Å²) in [4.78, 5) is 26.8. The number of thiazole rings is 1. The van der Waals surface area contributed by atoms with Crippen molar-refractivity contribution in [2.75, 3.05) is 18.7 Å². The maximum atomic E-state index is 11.6. The van der Waals surface area contributed by atoms with E-state index in [1.165, 1.54) is 25.3 Å². The van der Waals surface area contributed by atoms with Gasteiger partial charge in [-0.3, -0.25) is 10.1 Å². The normalized spacial score (nSPS) is 10.7. The van der Waals surface area contributed by atoms with Gasteiger partial charge in [0.15, 0.2) is 4.34 Å². The van der Waals surface area contributed by atoms with Gasteiger partial charge in [0.25, 0.3) is 5.69 Å². The second-order valence-corrected chi connectivity index (χ2v) is 7.40. The number of ether oxygens (including phenoxy) is 1. The van der Waals surface area contributed by atoms with Gasteiger partial charge >= 0.3 is 5.97 Å². The number of nitro benzene ring substituents is 1. The molecule has 2 aromatic carbocycles. The van der Waals surface area contributed by atoms with Crippen molar-refractivity contribution in [2.24, 2.45) is 0 Å². The van der Waals surface area contributed by atoms with E-state index < -0.39 is 10.9 Å². The minimum atomic E-state index is -0.611. The van der Waals surface area contributed by atoms with E-state index in [0.29, 0.717) is 12.2 Å².